The van der Waals surface area contributed by atoms with E-state index in [1.54, 1.807) is 41.8 Å². The number of carbonyl (C=O) groups excluding carboxylic acids is 1. The zero-order chi connectivity index (χ0) is 14.5. The van der Waals surface area contributed by atoms with E-state index >= 15 is 0 Å². The van der Waals surface area contributed by atoms with Crippen LogP contribution in [0.15, 0.2) is 41.8 Å². The molecule has 0 bridgehead atoms. The van der Waals surface area contributed by atoms with Gasteiger partial charge >= 0.3 is 5.97 Å². The molecule has 0 saturated heterocycles. The van der Waals surface area contributed by atoms with Gasteiger partial charge in [0.2, 0.25) is 0 Å². The summed E-state index contributed by atoms with van der Waals surface area (Å²) in [6, 6.07) is 9.06. The molecule has 0 radical (unpaired) electrons. The Hall–Kier alpha value is -2.34. The van der Waals surface area contributed by atoms with E-state index in [1.165, 1.54) is 18.4 Å². The number of methoxy groups -OCH3 is 1. The first-order valence-electron chi connectivity index (χ1n) is 5.83. The fraction of sp³-hybridized carbons (Fsp3) is 0.143. The second-order valence-corrected chi connectivity index (χ2v) is 4.92. The van der Waals surface area contributed by atoms with Crippen molar-refractivity contribution in [3.63, 3.8) is 0 Å². The van der Waals surface area contributed by atoms with Crippen LogP contribution in [-0.4, -0.2) is 24.1 Å². The smallest absolute Gasteiger partial charge is 0.330 e. The minimum absolute atomic E-state index is 0.407. The van der Waals surface area contributed by atoms with Crippen molar-refractivity contribution >= 4 is 23.2 Å². The molecule has 20 heavy (non-hydrogen) atoms. The molecule has 2 aromatic rings. The van der Waals surface area contributed by atoms with E-state index in [9.17, 15) is 14.7 Å². The third-order valence-electron chi connectivity index (χ3n) is 2.69. The average Bonchev–Trinajstić information content (AvgIpc) is 2.94. The number of carboxylic acids is 1. The van der Waals surface area contributed by atoms with E-state index in [4.69, 9.17) is 4.74 Å². The van der Waals surface area contributed by atoms with Gasteiger partial charge in [0.05, 0.1) is 12.0 Å². The highest BCUT2D eigenvalue weighted by atomic mass is 32.1. The van der Waals surface area contributed by atoms with Crippen molar-refractivity contribution in [1.29, 1.82) is 0 Å². The zero-order valence-corrected chi connectivity index (χ0v) is 11.5. The van der Waals surface area contributed by atoms with E-state index in [0.717, 1.165) is 0 Å². The molecule has 104 valence electrons. The van der Waals surface area contributed by atoms with Gasteiger partial charge in [0.15, 0.2) is 6.04 Å². The lowest BCUT2D eigenvalue weighted by atomic mass is 10.1. The van der Waals surface area contributed by atoms with Gasteiger partial charge in [-0.25, -0.2) is 4.79 Å². The van der Waals surface area contributed by atoms with Gasteiger partial charge in [-0.1, -0.05) is 30.3 Å². The maximum Gasteiger partial charge on any atom is 0.330 e. The summed E-state index contributed by atoms with van der Waals surface area (Å²) in [5.41, 5.74) is 0.525. The highest BCUT2D eigenvalue weighted by Crippen LogP contribution is 2.22. The normalized spacial score (nSPS) is 11.7. The van der Waals surface area contributed by atoms with E-state index in [2.05, 4.69) is 5.32 Å². The Kier molecular flexibility index (Phi) is 4.37. The minimum Gasteiger partial charge on any atom is -0.496 e. The van der Waals surface area contributed by atoms with Crippen LogP contribution in [-0.2, 0) is 4.79 Å². The lowest BCUT2D eigenvalue weighted by molar-refractivity contribution is -0.139. The molecule has 0 aliphatic heterocycles. The van der Waals surface area contributed by atoms with Gasteiger partial charge in [-0.3, -0.25) is 4.79 Å². The monoisotopic (exact) mass is 291 g/mol. The van der Waals surface area contributed by atoms with E-state index in [-0.39, 0.29) is 0 Å². The lowest BCUT2D eigenvalue weighted by Gasteiger charge is -2.14. The van der Waals surface area contributed by atoms with Crippen molar-refractivity contribution in [3.8, 4) is 5.75 Å². The van der Waals surface area contributed by atoms with Crippen LogP contribution in [0.3, 0.4) is 0 Å². The van der Waals surface area contributed by atoms with E-state index < -0.39 is 17.9 Å². The molecule has 0 fully saturated rings. The number of rotatable bonds is 5. The van der Waals surface area contributed by atoms with Crippen LogP contribution in [0.2, 0.25) is 0 Å². The zero-order valence-electron chi connectivity index (χ0n) is 10.7. The number of carbonyl (C=O) groups is 2. The summed E-state index contributed by atoms with van der Waals surface area (Å²) in [5, 5.41) is 13.4. The number of aliphatic carboxylic acids is 1. The van der Waals surface area contributed by atoms with Crippen LogP contribution in [0, 0.1) is 0 Å². The fourth-order valence-electron chi connectivity index (χ4n) is 1.68. The van der Waals surface area contributed by atoms with Gasteiger partial charge < -0.3 is 15.2 Å². The quantitative estimate of drug-likeness (QED) is 0.886. The van der Waals surface area contributed by atoms with Crippen LogP contribution in [0.1, 0.15) is 21.3 Å². The van der Waals surface area contributed by atoms with Crippen molar-refractivity contribution in [2.24, 2.45) is 0 Å². The van der Waals surface area contributed by atoms with Crippen molar-refractivity contribution in [3.05, 3.63) is 52.2 Å². The summed E-state index contributed by atoms with van der Waals surface area (Å²) in [5.74, 6) is -0.964. The second-order valence-electron chi connectivity index (χ2n) is 4.01. The molecule has 1 atom stereocenters. The van der Waals surface area contributed by atoms with Crippen LogP contribution in [0.4, 0.5) is 0 Å². The number of amides is 1. The van der Waals surface area contributed by atoms with Crippen LogP contribution < -0.4 is 10.1 Å². The molecule has 1 aromatic heterocycles. The third kappa shape index (κ3) is 3.16. The van der Waals surface area contributed by atoms with Crippen LogP contribution in [0.25, 0.3) is 0 Å². The topological polar surface area (TPSA) is 75.6 Å². The number of benzene rings is 1. The molecule has 0 spiro atoms. The van der Waals surface area contributed by atoms with Crippen molar-refractivity contribution < 1.29 is 19.4 Å². The Morgan fingerprint density at radius 2 is 2.00 bits per heavy atom. The fourth-order valence-corrected chi connectivity index (χ4v) is 2.44. The predicted molar refractivity (Wildman–Crippen MR) is 75.2 cm³/mol. The number of thiophene rings is 1. The number of hydrogen-bond donors (Lipinski definition) is 2. The Balaban J connectivity index is 2.16. The van der Waals surface area contributed by atoms with Gasteiger partial charge in [-0.15, -0.1) is 11.3 Å². The summed E-state index contributed by atoms with van der Waals surface area (Å²) in [7, 11) is 1.51. The summed E-state index contributed by atoms with van der Waals surface area (Å²) in [6.45, 7) is 0. The molecule has 1 heterocycles. The van der Waals surface area contributed by atoms with Gasteiger partial charge in [0.25, 0.3) is 5.91 Å². The first-order chi connectivity index (χ1) is 9.61. The molecule has 6 heteroatoms. The highest BCUT2D eigenvalue weighted by molar-refractivity contribution is 7.12. The molecular formula is C14H13NO4S. The van der Waals surface area contributed by atoms with Crippen molar-refractivity contribution in [1.82, 2.24) is 5.32 Å². The largest absolute Gasteiger partial charge is 0.496 e. The number of ether oxygens (including phenoxy) is 1. The molecular weight excluding hydrogens is 278 g/mol. The molecule has 1 aromatic carbocycles. The number of hydrogen-bond acceptors (Lipinski definition) is 4. The first-order valence-corrected chi connectivity index (χ1v) is 6.71. The number of nitrogens with one attached hydrogen (secondary N) is 1. The second kappa shape index (κ2) is 6.21. The molecule has 2 N–H and O–H groups in total. The predicted octanol–water partition coefficient (Wildman–Crippen LogP) is 2.31. The highest BCUT2D eigenvalue weighted by Gasteiger charge is 2.23. The van der Waals surface area contributed by atoms with Crippen LogP contribution in [0.5, 0.6) is 5.75 Å². The maximum atomic E-state index is 12.0. The summed E-state index contributed by atoms with van der Waals surface area (Å²) in [4.78, 5) is 23.7. The third-order valence-corrected chi connectivity index (χ3v) is 3.60. The first kappa shape index (κ1) is 14.1. The van der Waals surface area contributed by atoms with Gasteiger partial charge in [0, 0.05) is 11.4 Å². The van der Waals surface area contributed by atoms with Crippen molar-refractivity contribution in [2.45, 2.75) is 6.04 Å². The van der Waals surface area contributed by atoms with Gasteiger partial charge in [0.1, 0.15) is 5.75 Å². The molecule has 0 saturated carbocycles. The average molecular weight is 291 g/mol. The molecule has 0 aliphatic carbocycles. The Labute approximate surface area is 119 Å². The van der Waals surface area contributed by atoms with E-state index in [1.807, 2.05) is 0 Å². The SMILES string of the molecule is COc1csc(C(=O)N[C@H](C(=O)O)c2ccccc2)c1. The van der Waals surface area contributed by atoms with Gasteiger partial charge in [-0.05, 0) is 5.56 Å². The van der Waals surface area contributed by atoms with Crippen LogP contribution >= 0.6 is 11.3 Å². The summed E-state index contributed by atoms with van der Waals surface area (Å²) >= 11 is 1.20. The minimum atomic E-state index is -1.10. The summed E-state index contributed by atoms with van der Waals surface area (Å²) < 4.78 is 5.00. The molecule has 0 unspecified atom stereocenters. The van der Waals surface area contributed by atoms with Crippen molar-refractivity contribution in [2.75, 3.05) is 7.11 Å². The molecule has 2 rings (SSSR count). The Bertz CT molecular complexity index is 609. The molecule has 0 aliphatic rings. The standard InChI is InChI=1S/C14H13NO4S/c1-19-10-7-11(20-8-10)13(16)15-12(14(17)18)9-5-3-2-4-6-9/h2-8,12H,1H3,(H,15,16)(H,17,18)/t12-/m0/s1. The molecule has 1 amide bonds. The lowest BCUT2D eigenvalue weighted by Crippen LogP contribution is -2.33. The Morgan fingerprint density at radius 3 is 2.55 bits per heavy atom. The Morgan fingerprint density at radius 1 is 1.30 bits per heavy atom. The molecule has 5 nitrogen and oxygen atoms in total. The van der Waals surface area contributed by atoms with Gasteiger partial charge in [-0.2, -0.15) is 0 Å². The maximum absolute atomic E-state index is 12.0. The summed E-state index contributed by atoms with van der Waals surface area (Å²) in [6.07, 6.45) is 0. The van der Waals surface area contributed by atoms with E-state index in [0.29, 0.717) is 16.2 Å². The number of carboxylic acid groups (broad SMARTS) is 1.